The lowest BCUT2D eigenvalue weighted by Gasteiger charge is -2.23. The van der Waals surface area contributed by atoms with Gasteiger partial charge in [-0.05, 0) is 49.9 Å². The zero-order valence-corrected chi connectivity index (χ0v) is 11.6. The number of nitrogens with one attached hydrogen (secondary N) is 1. The van der Waals surface area contributed by atoms with Crippen molar-refractivity contribution in [3.8, 4) is 0 Å². The van der Waals surface area contributed by atoms with Crippen molar-refractivity contribution in [3.63, 3.8) is 0 Å². The molecule has 18 heavy (non-hydrogen) atoms. The highest BCUT2D eigenvalue weighted by atomic mass is 35.5. The Morgan fingerprint density at radius 2 is 2.11 bits per heavy atom. The molecule has 0 aromatic heterocycles. The molecule has 2 rings (SSSR count). The van der Waals surface area contributed by atoms with Gasteiger partial charge in [-0.2, -0.15) is 0 Å². The average molecular weight is 267 g/mol. The van der Waals surface area contributed by atoms with Gasteiger partial charge in [0.1, 0.15) is 0 Å². The quantitative estimate of drug-likeness (QED) is 0.875. The third-order valence-corrected chi connectivity index (χ3v) is 3.84. The number of hydrogen-bond donors (Lipinski definition) is 2. The van der Waals surface area contributed by atoms with Crippen LogP contribution in [0.2, 0.25) is 5.02 Å². The summed E-state index contributed by atoms with van der Waals surface area (Å²) in [4.78, 5) is 11.3. The fraction of sp³-hybridized carbons (Fsp3) is 0.500. The highest BCUT2D eigenvalue weighted by Gasteiger charge is 2.28. The fourth-order valence-corrected chi connectivity index (χ4v) is 2.41. The Labute approximate surface area is 113 Å². The molecular formula is C14H19ClN2O. The number of amides is 1. The van der Waals surface area contributed by atoms with Gasteiger partial charge in [0, 0.05) is 17.6 Å². The van der Waals surface area contributed by atoms with Gasteiger partial charge in [-0.3, -0.25) is 4.79 Å². The SMILES string of the molecule is CC(C)(CNC1Cc2ccc(Cl)cc2C1)C(N)=O. The van der Waals surface area contributed by atoms with E-state index < -0.39 is 5.41 Å². The summed E-state index contributed by atoms with van der Waals surface area (Å²) in [5, 5.41) is 4.21. The second kappa shape index (κ2) is 4.90. The minimum Gasteiger partial charge on any atom is -0.369 e. The molecule has 98 valence electrons. The lowest BCUT2D eigenvalue weighted by Crippen LogP contribution is -2.44. The Balaban J connectivity index is 1.94. The lowest BCUT2D eigenvalue weighted by molar-refractivity contribution is -0.125. The Kier molecular flexibility index (Phi) is 3.64. The molecule has 0 radical (unpaired) electrons. The van der Waals surface area contributed by atoms with E-state index in [9.17, 15) is 4.79 Å². The summed E-state index contributed by atoms with van der Waals surface area (Å²) in [6.45, 7) is 4.33. The molecule has 3 nitrogen and oxygen atoms in total. The molecule has 0 bridgehead atoms. The standard InChI is InChI=1S/C14H19ClN2O/c1-14(2,13(16)18)8-17-12-6-9-3-4-11(15)5-10(9)7-12/h3-5,12,17H,6-8H2,1-2H3,(H2,16,18). The number of primary amides is 1. The monoisotopic (exact) mass is 266 g/mol. The molecule has 1 aromatic carbocycles. The van der Waals surface area contributed by atoms with E-state index in [-0.39, 0.29) is 5.91 Å². The van der Waals surface area contributed by atoms with E-state index in [1.807, 2.05) is 26.0 Å². The van der Waals surface area contributed by atoms with Crippen LogP contribution in [0.3, 0.4) is 0 Å². The summed E-state index contributed by atoms with van der Waals surface area (Å²) in [5.41, 5.74) is 7.50. The minimum atomic E-state index is -0.508. The van der Waals surface area contributed by atoms with Crippen LogP contribution in [0.25, 0.3) is 0 Å². The molecule has 3 N–H and O–H groups in total. The molecule has 0 saturated carbocycles. The van der Waals surface area contributed by atoms with Gasteiger partial charge in [-0.1, -0.05) is 17.7 Å². The van der Waals surface area contributed by atoms with E-state index in [2.05, 4.69) is 11.4 Å². The van der Waals surface area contributed by atoms with E-state index >= 15 is 0 Å². The number of halogens is 1. The Morgan fingerprint density at radius 3 is 2.78 bits per heavy atom. The lowest BCUT2D eigenvalue weighted by atomic mass is 9.92. The maximum absolute atomic E-state index is 11.3. The van der Waals surface area contributed by atoms with Gasteiger partial charge in [0.2, 0.25) is 5.91 Å². The molecule has 0 saturated heterocycles. The van der Waals surface area contributed by atoms with Crippen molar-refractivity contribution >= 4 is 17.5 Å². The largest absolute Gasteiger partial charge is 0.369 e. The van der Waals surface area contributed by atoms with E-state index in [0.29, 0.717) is 12.6 Å². The molecule has 1 aromatic rings. The van der Waals surface area contributed by atoms with Crippen molar-refractivity contribution in [3.05, 3.63) is 34.3 Å². The predicted octanol–water partition coefficient (Wildman–Crippen LogP) is 1.91. The third-order valence-electron chi connectivity index (χ3n) is 3.60. The maximum atomic E-state index is 11.3. The van der Waals surface area contributed by atoms with Gasteiger partial charge >= 0.3 is 0 Å². The number of fused-ring (bicyclic) bond motifs is 1. The number of hydrogen-bond acceptors (Lipinski definition) is 2. The van der Waals surface area contributed by atoms with Gasteiger partial charge in [0.05, 0.1) is 5.41 Å². The summed E-state index contributed by atoms with van der Waals surface area (Å²) >= 11 is 5.98. The van der Waals surface area contributed by atoms with Crippen LogP contribution < -0.4 is 11.1 Å². The van der Waals surface area contributed by atoms with Gasteiger partial charge in [0.25, 0.3) is 0 Å². The number of carbonyl (C=O) groups excluding carboxylic acids is 1. The smallest absolute Gasteiger partial charge is 0.224 e. The number of carbonyl (C=O) groups is 1. The highest BCUT2D eigenvalue weighted by molar-refractivity contribution is 6.30. The average Bonchev–Trinajstić information content (AvgIpc) is 2.68. The highest BCUT2D eigenvalue weighted by Crippen LogP contribution is 2.26. The molecule has 4 heteroatoms. The van der Waals surface area contributed by atoms with Crippen molar-refractivity contribution in [1.29, 1.82) is 0 Å². The van der Waals surface area contributed by atoms with Crippen molar-refractivity contribution in [2.24, 2.45) is 11.1 Å². The zero-order valence-electron chi connectivity index (χ0n) is 10.8. The van der Waals surface area contributed by atoms with Crippen LogP contribution in [0, 0.1) is 5.41 Å². The van der Waals surface area contributed by atoms with Crippen molar-refractivity contribution < 1.29 is 4.79 Å². The molecule has 1 atom stereocenters. The molecule has 0 aliphatic heterocycles. The van der Waals surface area contributed by atoms with Crippen LogP contribution in [-0.2, 0) is 17.6 Å². The maximum Gasteiger partial charge on any atom is 0.224 e. The number of nitrogens with two attached hydrogens (primary N) is 1. The van der Waals surface area contributed by atoms with E-state index in [1.165, 1.54) is 11.1 Å². The summed E-state index contributed by atoms with van der Waals surface area (Å²) < 4.78 is 0. The second-order valence-electron chi connectivity index (χ2n) is 5.65. The summed E-state index contributed by atoms with van der Waals surface area (Å²) in [7, 11) is 0. The second-order valence-corrected chi connectivity index (χ2v) is 6.08. The van der Waals surface area contributed by atoms with Crippen LogP contribution >= 0.6 is 11.6 Å². The molecule has 1 unspecified atom stereocenters. The zero-order chi connectivity index (χ0) is 13.3. The molecule has 0 heterocycles. The van der Waals surface area contributed by atoms with E-state index in [4.69, 9.17) is 17.3 Å². The minimum absolute atomic E-state index is 0.270. The van der Waals surface area contributed by atoms with Gasteiger partial charge in [-0.25, -0.2) is 0 Å². The van der Waals surface area contributed by atoms with Crippen molar-refractivity contribution in [2.75, 3.05) is 6.54 Å². The first kappa shape index (κ1) is 13.4. The van der Waals surface area contributed by atoms with Gasteiger partial charge < -0.3 is 11.1 Å². The van der Waals surface area contributed by atoms with Gasteiger partial charge in [-0.15, -0.1) is 0 Å². The Morgan fingerprint density at radius 1 is 1.44 bits per heavy atom. The van der Waals surface area contributed by atoms with Crippen molar-refractivity contribution in [2.45, 2.75) is 32.7 Å². The first-order chi connectivity index (χ1) is 8.38. The summed E-state index contributed by atoms with van der Waals surface area (Å²) in [6, 6.07) is 6.41. The number of rotatable bonds is 4. The first-order valence-corrected chi connectivity index (χ1v) is 6.57. The first-order valence-electron chi connectivity index (χ1n) is 6.19. The van der Waals surface area contributed by atoms with E-state index in [1.54, 1.807) is 0 Å². The Hall–Kier alpha value is -1.06. The fourth-order valence-electron chi connectivity index (χ4n) is 2.22. The van der Waals surface area contributed by atoms with Crippen molar-refractivity contribution in [1.82, 2.24) is 5.32 Å². The summed E-state index contributed by atoms with van der Waals surface area (Å²) in [6.07, 6.45) is 1.95. The molecule has 1 aliphatic carbocycles. The molecule has 1 aliphatic rings. The number of benzene rings is 1. The molecular weight excluding hydrogens is 248 g/mol. The van der Waals surface area contributed by atoms with Gasteiger partial charge in [0.15, 0.2) is 0 Å². The third kappa shape index (κ3) is 2.85. The normalized spacial score (nSPS) is 18.7. The predicted molar refractivity (Wildman–Crippen MR) is 73.6 cm³/mol. The summed E-state index contributed by atoms with van der Waals surface area (Å²) in [5.74, 6) is -0.270. The van der Waals surface area contributed by atoms with Crippen LogP contribution in [0.5, 0.6) is 0 Å². The van der Waals surface area contributed by atoms with Crippen LogP contribution in [0.4, 0.5) is 0 Å². The van der Waals surface area contributed by atoms with Crippen LogP contribution in [0.15, 0.2) is 18.2 Å². The van der Waals surface area contributed by atoms with Crippen LogP contribution in [-0.4, -0.2) is 18.5 Å². The van der Waals surface area contributed by atoms with E-state index in [0.717, 1.165) is 17.9 Å². The molecule has 0 spiro atoms. The Bertz CT molecular complexity index is 471. The topological polar surface area (TPSA) is 55.1 Å². The molecule has 0 fully saturated rings. The van der Waals surface area contributed by atoms with Crippen LogP contribution in [0.1, 0.15) is 25.0 Å². The molecule has 1 amide bonds.